The number of aromatic nitrogens is 4. The number of nitrogens with zero attached hydrogens (tertiary/aromatic N) is 3. The maximum Gasteiger partial charge on any atom is 0.116 e. The van der Waals surface area contributed by atoms with E-state index in [4.69, 9.17) is 5.26 Å². The highest BCUT2D eigenvalue weighted by molar-refractivity contribution is 5.94. The van der Waals surface area contributed by atoms with Gasteiger partial charge in [-0.05, 0) is 61.2 Å². The van der Waals surface area contributed by atoms with Gasteiger partial charge in [0.2, 0.25) is 0 Å². The molecule has 0 fully saturated rings. The van der Waals surface area contributed by atoms with Gasteiger partial charge in [0, 0.05) is 23.5 Å². The Balaban J connectivity index is 1.49. The quantitative estimate of drug-likeness (QED) is 0.511. The molecule has 6 nitrogen and oxygen atoms in total. The second-order valence-corrected chi connectivity index (χ2v) is 6.89. The molecule has 3 aromatic heterocycles. The maximum absolute atomic E-state index is 9.11. The lowest BCUT2D eigenvalue weighted by molar-refractivity contribution is 0.583. The van der Waals surface area contributed by atoms with Crippen LogP contribution in [0, 0.1) is 11.3 Å². The van der Waals surface area contributed by atoms with E-state index >= 15 is 0 Å². The Morgan fingerprint density at radius 1 is 1.22 bits per heavy atom. The molecule has 0 aliphatic heterocycles. The average molecular weight is 354 g/mol. The number of pyridine rings is 1. The van der Waals surface area contributed by atoms with Gasteiger partial charge in [-0.3, -0.25) is 10.1 Å². The van der Waals surface area contributed by atoms with Crippen molar-refractivity contribution in [2.24, 2.45) is 0 Å². The fraction of sp³-hybridized carbons (Fsp3) is 0.190. The second-order valence-electron chi connectivity index (χ2n) is 6.89. The van der Waals surface area contributed by atoms with Crippen LogP contribution < -0.4 is 5.32 Å². The van der Waals surface area contributed by atoms with Crippen LogP contribution >= 0.6 is 0 Å². The van der Waals surface area contributed by atoms with E-state index in [1.165, 1.54) is 5.56 Å². The van der Waals surface area contributed by atoms with Gasteiger partial charge in [0.05, 0.1) is 28.5 Å². The first kappa shape index (κ1) is 15.6. The Bertz CT molecular complexity index is 1150. The zero-order valence-corrected chi connectivity index (χ0v) is 14.7. The highest BCUT2D eigenvalue weighted by atomic mass is 15.1. The number of H-pyrrole nitrogens is 2. The van der Waals surface area contributed by atoms with E-state index in [0.717, 1.165) is 52.9 Å². The van der Waals surface area contributed by atoms with E-state index < -0.39 is 0 Å². The number of nitrogens with one attached hydrogen (secondary N) is 3. The molecule has 1 aromatic carbocycles. The second kappa shape index (κ2) is 6.29. The van der Waals surface area contributed by atoms with E-state index in [1.54, 1.807) is 6.20 Å². The fourth-order valence-corrected chi connectivity index (χ4v) is 3.86. The van der Waals surface area contributed by atoms with E-state index in [0.29, 0.717) is 5.56 Å². The predicted molar refractivity (Wildman–Crippen MR) is 104 cm³/mol. The lowest BCUT2D eigenvalue weighted by Crippen LogP contribution is -2.19. The van der Waals surface area contributed by atoms with Gasteiger partial charge in [-0.25, -0.2) is 0 Å². The van der Waals surface area contributed by atoms with Crippen molar-refractivity contribution in [3.05, 3.63) is 65.6 Å². The molecule has 3 heterocycles. The summed E-state index contributed by atoms with van der Waals surface area (Å²) >= 11 is 0. The molecule has 6 heteroatoms. The Hall–Kier alpha value is -3.59. The number of benzene rings is 1. The molecule has 0 spiro atoms. The molecular weight excluding hydrogens is 336 g/mol. The van der Waals surface area contributed by atoms with Crippen LogP contribution in [0.15, 0.2) is 48.8 Å². The highest BCUT2D eigenvalue weighted by Gasteiger charge is 2.22. The van der Waals surface area contributed by atoms with Crippen LogP contribution in [0.5, 0.6) is 0 Å². The summed E-state index contributed by atoms with van der Waals surface area (Å²) in [7, 11) is 0. The molecule has 1 aliphatic rings. The number of aromatic amines is 2. The highest BCUT2D eigenvalue weighted by Crippen LogP contribution is 2.33. The van der Waals surface area contributed by atoms with Crippen molar-refractivity contribution in [2.75, 3.05) is 5.32 Å². The topological polar surface area (TPSA) is 93.2 Å². The fourth-order valence-electron chi connectivity index (χ4n) is 3.86. The summed E-state index contributed by atoms with van der Waals surface area (Å²) in [5.41, 5.74) is 6.81. The molecular formula is C21H18N6. The largest absolute Gasteiger partial charge is 0.377 e. The first-order valence-corrected chi connectivity index (χ1v) is 9.09. The first-order valence-electron chi connectivity index (χ1n) is 9.09. The first-order chi connectivity index (χ1) is 13.3. The average Bonchev–Trinajstić information content (AvgIpc) is 3.37. The molecule has 1 atom stereocenters. The lowest BCUT2D eigenvalue weighted by atomic mass is 9.91. The summed E-state index contributed by atoms with van der Waals surface area (Å²) in [5, 5.41) is 21.4. The van der Waals surface area contributed by atoms with Gasteiger partial charge < -0.3 is 10.3 Å². The minimum absolute atomic E-state index is 0.153. The minimum Gasteiger partial charge on any atom is -0.377 e. The predicted octanol–water partition coefficient (Wildman–Crippen LogP) is 4.31. The van der Waals surface area contributed by atoms with Gasteiger partial charge in [0.25, 0.3) is 0 Å². The van der Waals surface area contributed by atoms with Crippen molar-refractivity contribution < 1.29 is 0 Å². The summed E-state index contributed by atoms with van der Waals surface area (Å²) in [6.07, 6.45) is 6.66. The number of rotatable bonds is 3. The summed E-state index contributed by atoms with van der Waals surface area (Å²) < 4.78 is 0. The molecule has 132 valence electrons. The number of anilines is 1. The van der Waals surface area contributed by atoms with Gasteiger partial charge in [-0.1, -0.05) is 0 Å². The molecule has 0 unspecified atom stereocenters. The molecule has 4 aromatic rings. The monoisotopic (exact) mass is 354 g/mol. The van der Waals surface area contributed by atoms with Crippen LogP contribution in [0.1, 0.15) is 35.7 Å². The minimum atomic E-state index is 0.153. The summed E-state index contributed by atoms with van der Waals surface area (Å²) in [5.74, 6) is 0. The van der Waals surface area contributed by atoms with Crippen molar-refractivity contribution >= 4 is 16.6 Å². The van der Waals surface area contributed by atoms with Gasteiger partial charge in [0.1, 0.15) is 11.8 Å². The van der Waals surface area contributed by atoms with E-state index in [1.807, 2.05) is 30.5 Å². The van der Waals surface area contributed by atoms with Gasteiger partial charge in [0.15, 0.2) is 0 Å². The van der Waals surface area contributed by atoms with Gasteiger partial charge >= 0.3 is 0 Å². The summed E-state index contributed by atoms with van der Waals surface area (Å²) in [4.78, 5) is 7.79. The molecule has 0 radical (unpaired) electrons. The number of nitriles is 1. The smallest absolute Gasteiger partial charge is 0.116 e. The third-order valence-corrected chi connectivity index (χ3v) is 5.16. The Morgan fingerprint density at radius 3 is 3.04 bits per heavy atom. The zero-order chi connectivity index (χ0) is 18.2. The van der Waals surface area contributed by atoms with Crippen molar-refractivity contribution in [3.8, 4) is 17.5 Å². The van der Waals surface area contributed by atoms with Crippen LogP contribution in [0.4, 0.5) is 5.69 Å². The molecule has 3 N–H and O–H groups in total. The van der Waals surface area contributed by atoms with Crippen molar-refractivity contribution in [1.82, 2.24) is 20.2 Å². The number of fused-ring (bicyclic) bond motifs is 2. The molecule has 27 heavy (non-hydrogen) atoms. The van der Waals surface area contributed by atoms with Crippen molar-refractivity contribution in [2.45, 2.75) is 25.3 Å². The number of aryl methyl sites for hydroxylation is 1. The summed E-state index contributed by atoms with van der Waals surface area (Å²) in [6.45, 7) is 0. The van der Waals surface area contributed by atoms with Crippen LogP contribution in [0.3, 0.4) is 0 Å². The summed E-state index contributed by atoms with van der Waals surface area (Å²) in [6, 6.07) is 14.5. The van der Waals surface area contributed by atoms with Crippen molar-refractivity contribution in [3.63, 3.8) is 0 Å². The Kier molecular flexibility index (Phi) is 3.65. The number of hydrogen-bond acceptors (Lipinski definition) is 4. The normalized spacial score (nSPS) is 16.0. The molecule has 5 rings (SSSR count). The van der Waals surface area contributed by atoms with E-state index in [-0.39, 0.29) is 6.04 Å². The van der Waals surface area contributed by atoms with Gasteiger partial charge in [-0.2, -0.15) is 10.4 Å². The maximum atomic E-state index is 9.11. The standard InChI is InChI=1S/C21H18N6/c22-11-13-9-14-3-1-4-19(20(14)24-12-13)25-15-6-7-17-16(10-15)21(27-26-17)18-5-2-8-23-18/h2,5-10,12,19,23,25H,1,3-4H2,(H,26,27)/t19-/m0/s1. The molecule has 0 saturated heterocycles. The molecule has 0 amide bonds. The SMILES string of the molecule is N#Cc1cnc2c(c1)CCC[C@@H]2Nc1ccc2[nH]nc(-c3ccc[nH]3)c2c1. The van der Waals surface area contributed by atoms with Gasteiger partial charge in [-0.15, -0.1) is 0 Å². The molecule has 0 saturated carbocycles. The van der Waals surface area contributed by atoms with E-state index in [9.17, 15) is 0 Å². The third-order valence-electron chi connectivity index (χ3n) is 5.16. The third kappa shape index (κ3) is 2.74. The Morgan fingerprint density at radius 2 is 2.19 bits per heavy atom. The number of hydrogen-bond donors (Lipinski definition) is 3. The zero-order valence-electron chi connectivity index (χ0n) is 14.7. The van der Waals surface area contributed by atoms with Crippen LogP contribution in [-0.2, 0) is 6.42 Å². The van der Waals surface area contributed by atoms with E-state index in [2.05, 4.69) is 43.7 Å². The molecule has 0 bridgehead atoms. The van der Waals surface area contributed by atoms with Crippen LogP contribution in [0.2, 0.25) is 0 Å². The lowest BCUT2D eigenvalue weighted by Gasteiger charge is -2.26. The van der Waals surface area contributed by atoms with Crippen LogP contribution in [0.25, 0.3) is 22.3 Å². The Labute approximate surface area is 156 Å². The molecule has 1 aliphatic carbocycles. The van der Waals surface area contributed by atoms with Crippen molar-refractivity contribution in [1.29, 1.82) is 5.26 Å². The van der Waals surface area contributed by atoms with Crippen LogP contribution in [-0.4, -0.2) is 20.2 Å².